The molecule has 1 aromatic carbocycles. The van der Waals surface area contributed by atoms with Crippen LogP contribution in [-0.2, 0) is 19.4 Å². The number of nitrogens with zero attached hydrogens (tertiary/aromatic N) is 4. The van der Waals surface area contributed by atoms with E-state index >= 15 is 0 Å². The fourth-order valence-corrected chi connectivity index (χ4v) is 3.10. The molecule has 114 valence electrons. The molecule has 2 aromatic rings. The molecule has 0 fully saturated rings. The Bertz CT molecular complexity index is 704. The first-order valence-electron chi connectivity index (χ1n) is 7.85. The van der Waals surface area contributed by atoms with Crippen LogP contribution in [-0.4, -0.2) is 28.3 Å². The van der Waals surface area contributed by atoms with Crippen molar-refractivity contribution in [1.82, 2.24) is 14.7 Å². The van der Waals surface area contributed by atoms with Gasteiger partial charge in [0.15, 0.2) is 0 Å². The van der Waals surface area contributed by atoms with E-state index in [9.17, 15) is 0 Å². The lowest BCUT2D eigenvalue weighted by molar-refractivity contribution is 0.309. The molecule has 0 amide bonds. The summed E-state index contributed by atoms with van der Waals surface area (Å²) in [5.74, 6) is 0.430. The summed E-state index contributed by atoms with van der Waals surface area (Å²) in [6, 6.07) is 10.4. The zero-order chi connectivity index (χ0) is 15.7. The highest BCUT2D eigenvalue weighted by molar-refractivity contribution is 5.41. The van der Waals surface area contributed by atoms with E-state index in [1.165, 1.54) is 17.0 Å². The van der Waals surface area contributed by atoms with Crippen molar-refractivity contribution in [3.05, 3.63) is 46.8 Å². The van der Waals surface area contributed by atoms with Gasteiger partial charge in [0.05, 0.1) is 29.6 Å². The number of hydrogen-bond acceptors (Lipinski definition) is 3. The summed E-state index contributed by atoms with van der Waals surface area (Å²) in [6.07, 6.45) is 1.49. The zero-order valence-corrected chi connectivity index (χ0v) is 13.5. The molecule has 1 aliphatic heterocycles. The molecule has 0 unspecified atom stereocenters. The molecule has 4 heteroatoms. The summed E-state index contributed by atoms with van der Waals surface area (Å²) in [5, 5.41) is 13.7. The van der Waals surface area contributed by atoms with Crippen LogP contribution in [0.4, 0.5) is 0 Å². The van der Waals surface area contributed by atoms with Gasteiger partial charge >= 0.3 is 0 Å². The van der Waals surface area contributed by atoms with Crippen LogP contribution in [0.5, 0.6) is 0 Å². The Morgan fingerprint density at radius 1 is 1.27 bits per heavy atom. The Hall–Kier alpha value is -2.12. The normalized spacial score (nSPS) is 14.9. The van der Waals surface area contributed by atoms with Crippen LogP contribution in [0.3, 0.4) is 0 Å². The van der Waals surface area contributed by atoms with Crippen LogP contribution in [0.15, 0.2) is 24.3 Å². The van der Waals surface area contributed by atoms with Crippen molar-refractivity contribution in [1.29, 1.82) is 5.26 Å². The molecule has 0 saturated carbocycles. The van der Waals surface area contributed by atoms with Crippen molar-refractivity contribution in [2.75, 3.05) is 13.6 Å². The third-order valence-electron chi connectivity index (χ3n) is 4.29. The Balaban J connectivity index is 2.04. The first-order valence-corrected chi connectivity index (χ1v) is 7.85. The summed E-state index contributed by atoms with van der Waals surface area (Å²) in [7, 11) is 2.17. The van der Waals surface area contributed by atoms with Crippen molar-refractivity contribution < 1.29 is 0 Å². The maximum atomic E-state index is 8.78. The van der Waals surface area contributed by atoms with Gasteiger partial charge in [0, 0.05) is 25.1 Å². The van der Waals surface area contributed by atoms with Crippen LogP contribution in [0.2, 0.25) is 0 Å². The largest absolute Gasteiger partial charge is 0.302 e. The first-order chi connectivity index (χ1) is 10.6. The average molecular weight is 294 g/mol. The second-order valence-electron chi connectivity index (χ2n) is 6.37. The second-order valence-corrected chi connectivity index (χ2v) is 6.37. The van der Waals surface area contributed by atoms with Crippen molar-refractivity contribution in [3.63, 3.8) is 0 Å². The summed E-state index contributed by atoms with van der Waals surface area (Å²) < 4.78 is 2.10. The molecule has 0 saturated heterocycles. The van der Waals surface area contributed by atoms with Crippen LogP contribution in [0.1, 0.15) is 42.3 Å². The van der Waals surface area contributed by atoms with Crippen molar-refractivity contribution in [2.45, 2.75) is 39.2 Å². The molecular formula is C18H22N4. The van der Waals surface area contributed by atoms with Gasteiger partial charge in [0.1, 0.15) is 0 Å². The van der Waals surface area contributed by atoms with E-state index in [-0.39, 0.29) is 0 Å². The minimum atomic E-state index is 0.430. The van der Waals surface area contributed by atoms with Gasteiger partial charge in [-0.25, -0.2) is 4.68 Å². The van der Waals surface area contributed by atoms with Crippen LogP contribution >= 0.6 is 0 Å². The van der Waals surface area contributed by atoms with Gasteiger partial charge in [-0.3, -0.25) is 0 Å². The van der Waals surface area contributed by atoms with E-state index in [1.807, 2.05) is 12.1 Å². The molecule has 1 aliphatic rings. The SMILES string of the molecule is CC(C)c1nn(-c2ccc(CC#N)cc2)c2c1CN(C)CC2. The quantitative estimate of drug-likeness (QED) is 0.874. The van der Waals surface area contributed by atoms with Gasteiger partial charge in [0.2, 0.25) is 0 Å². The monoisotopic (exact) mass is 294 g/mol. The molecule has 2 heterocycles. The molecule has 3 rings (SSSR count). The minimum Gasteiger partial charge on any atom is -0.302 e. The topological polar surface area (TPSA) is 44.9 Å². The number of hydrogen-bond donors (Lipinski definition) is 0. The smallest absolute Gasteiger partial charge is 0.0702 e. The molecule has 0 atom stereocenters. The molecular weight excluding hydrogens is 272 g/mol. The number of likely N-dealkylation sites (N-methyl/N-ethyl adjacent to an activating group) is 1. The standard InChI is InChI=1S/C18H22N4/c1-13(2)18-16-12-21(3)11-9-17(16)22(20-18)15-6-4-14(5-7-15)8-10-19/h4-7,13H,8-9,11-12H2,1-3H3. The number of nitriles is 1. The Morgan fingerprint density at radius 3 is 2.64 bits per heavy atom. The molecule has 0 bridgehead atoms. The molecule has 22 heavy (non-hydrogen) atoms. The van der Waals surface area contributed by atoms with E-state index in [0.717, 1.165) is 30.8 Å². The van der Waals surface area contributed by atoms with E-state index in [1.54, 1.807) is 0 Å². The lowest BCUT2D eigenvalue weighted by atomic mass is 9.99. The Kier molecular flexibility index (Phi) is 4.00. The maximum Gasteiger partial charge on any atom is 0.0702 e. The fraction of sp³-hybridized carbons (Fsp3) is 0.444. The van der Waals surface area contributed by atoms with Crippen molar-refractivity contribution >= 4 is 0 Å². The fourth-order valence-electron chi connectivity index (χ4n) is 3.10. The molecule has 0 spiro atoms. The Labute approximate surface area is 132 Å². The summed E-state index contributed by atoms with van der Waals surface area (Å²) in [4.78, 5) is 2.36. The van der Waals surface area contributed by atoms with Gasteiger partial charge in [-0.1, -0.05) is 26.0 Å². The number of aromatic nitrogens is 2. The third kappa shape index (κ3) is 2.65. The molecule has 1 aromatic heterocycles. The van der Waals surface area contributed by atoms with Crippen LogP contribution in [0, 0.1) is 11.3 Å². The average Bonchev–Trinajstić information content (AvgIpc) is 2.87. The van der Waals surface area contributed by atoms with Crippen molar-refractivity contribution in [2.24, 2.45) is 0 Å². The van der Waals surface area contributed by atoms with Gasteiger partial charge in [-0.05, 0) is 30.7 Å². The van der Waals surface area contributed by atoms with E-state index in [4.69, 9.17) is 10.4 Å². The van der Waals surface area contributed by atoms with Gasteiger partial charge in [-0.2, -0.15) is 10.4 Å². The summed E-state index contributed by atoms with van der Waals surface area (Å²) in [6.45, 7) is 6.47. The predicted molar refractivity (Wildman–Crippen MR) is 87.0 cm³/mol. The molecule has 0 aliphatic carbocycles. The first kappa shape index (κ1) is 14.8. The van der Waals surface area contributed by atoms with Crippen LogP contribution in [0.25, 0.3) is 5.69 Å². The van der Waals surface area contributed by atoms with E-state index < -0.39 is 0 Å². The highest BCUT2D eigenvalue weighted by atomic mass is 15.3. The predicted octanol–water partition coefficient (Wildman–Crippen LogP) is 3.05. The number of benzene rings is 1. The Morgan fingerprint density at radius 2 is 2.00 bits per heavy atom. The zero-order valence-electron chi connectivity index (χ0n) is 13.5. The van der Waals surface area contributed by atoms with E-state index in [0.29, 0.717) is 12.3 Å². The number of fused-ring (bicyclic) bond motifs is 1. The van der Waals surface area contributed by atoms with Gasteiger partial charge in [-0.15, -0.1) is 0 Å². The highest BCUT2D eigenvalue weighted by Crippen LogP contribution is 2.29. The second kappa shape index (κ2) is 5.94. The number of rotatable bonds is 3. The molecule has 0 N–H and O–H groups in total. The van der Waals surface area contributed by atoms with Crippen molar-refractivity contribution in [3.8, 4) is 11.8 Å². The lowest BCUT2D eigenvalue weighted by Crippen LogP contribution is -2.27. The highest BCUT2D eigenvalue weighted by Gasteiger charge is 2.25. The molecule has 4 nitrogen and oxygen atoms in total. The maximum absolute atomic E-state index is 8.78. The van der Waals surface area contributed by atoms with Gasteiger partial charge < -0.3 is 4.90 Å². The van der Waals surface area contributed by atoms with Gasteiger partial charge in [0.25, 0.3) is 0 Å². The lowest BCUT2D eigenvalue weighted by Gasteiger charge is -2.24. The minimum absolute atomic E-state index is 0.430. The molecule has 0 radical (unpaired) electrons. The third-order valence-corrected chi connectivity index (χ3v) is 4.29. The van der Waals surface area contributed by atoms with Crippen LogP contribution < -0.4 is 0 Å². The van der Waals surface area contributed by atoms with E-state index in [2.05, 4.69) is 48.7 Å². The summed E-state index contributed by atoms with van der Waals surface area (Å²) in [5.41, 5.74) is 6.09. The summed E-state index contributed by atoms with van der Waals surface area (Å²) >= 11 is 0.